The number of hydrogen-bond donors (Lipinski definition) is 2. The maximum Gasteiger partial charge on any atom is 0.317 e. The molecule has 0 saturated carbocycles. The Labute approximate surface area is 173 Å². The van der Waals surface area contributed by atoms with Gasteiger partial charge in [-0.25, -0.2) is 4.79 Å². The van der Waals surface area contributed by atoms with Crippen LogP contribution in [0.15, 0.2) is 60.7 Å². The van der Waals surface area contributed by atoms with Crippen molar-refractivity contribution in [1.82, 2.24) is 15.5 Å². The molecular formula is C24H31N3O2. The third-order valence-corrected chi connectivity index (χ3v) is 5.67. The zero-order chi connectivity index (χ0) is 20.6. The summed E-state index contributed by atoms with van der Waals surface area (Å²) in [5.74, 6) is -0.00798. The zero-order valence-electron chi connectivity index (χ0n) is 17.3. The number of likely N-dealkylation sites (tertiary alicyclic amines) is 1. The first kappa shape index (κ1) is 20.9. The molecule has 1 aliphatic rings. The maximum absolute atomic E-state index is 12.9. The van der Waals surface area contributed by atoms with Crippen LogP contribution in [0.25, 0.3) is 0 Å². The van der Waals surface area contributed by atoms with Gasteiger partial charge in [0.25, 0.3) is 0 Å². The molecule has 154 valence electrons. The van der Waals surface area contributed by atoms with Crippen LogP contribution in [0.3, 0.4) is 0 Å². The van der Waals surface area contributed by atoms with Crippen molar-refractivity contribution < 1.29 is 9.59 Å². The van der Waals surface area contributed by atoms with Crippen molar-refractivity contribution >= 4 is 11.9 Å². The van der Waals surface area contributed by atoms with Gasteiger partial charge in [-0.2, -0.15) is 0 Å². The highest BCUT2D eigenvalue weighted by molar-refractivity contribution is 5.81. The molecule has 0 spiro atoms. The van der Waals surface area contributed by atoms with Crippen LogP contribution in [-0.4, -0.2) is 36.0 Å². The molecule has 0 radical (unpaired) electrons. The normalized spacial score (nSPS) is 20.0. The highest BCUT2D eigenvalue weighted by atomic mass is 16.2. The number of urea groups is 1. The molecule has 0 aliphatic carbocycles. The summed E-state index contributed by atoms with van der Waals surface area (Å²) in [5.41, 5.74) is 2.23. The fourth-order valence-electron chi connectivity index (χ4n) is 3.77. The Balaban J connectivity index is 1.70. The van der Waals surface area contributed by atoms with Gasteiger partial charge in [-0.1, -0.05) is 67.6 Å². The topological polar surface area (TPSA) is 61.4 Å². The highest BCUT2D eigenvalue weighted by Gasteiger charge is 2.34. The molecular weight excluding hydrogens is 362 g/mol. The minimum Gasteiger partial charge on any atom is -0.353 e. The van der Waals surface area contributed by atoms with Crippen LogP contribution in [0.5, 0.6) is 0 Å². The van der Waals surface area contributed by atoms with Gasteiger partial charge in [-0.15, -0.1) is 0 Å². The Bertz CT molecular complexity index is 794. The van der Waals surface area contributed by atoms with E-state index >= 15 is 0 Å². The molecule has 1 aliphatic heterocycles. The van der Waals surface area contributed by atoms with Gasteiger partial charge < -0.3 is 15.5 Å². The van der Waals surface area contributed by atoms with Gasteiger partial charge in [0.2, 0.25) is 5.91 Å². The molecule has 5 nitrogen and oxygen atoms in total. The van der Waals surface area contributed by atoms with E-state index in [2.05, 4.69) is 29.7 Å². The monoisotopic (exact) mass is 393 g/mol. The molecule has 3 atom stereocenters. The third-order valence-electron chi connectivity index (χ3n) is 5.67. The average Bonchev–Trinajstić information content (AvgIpc) is 2.78. The first-order valence-corrected chi connectivity index (χ1v) is 10.5. The maximum atomic E-state index is 12.9. The fourth-order valence-corrected chi connectivity index (χ4v) is 3.77. The fraction of sp³-hybridized carbons (Fsp3) is 0.417. The van der Waals surface area contributed by atoms with Gasteiger partial charge in [-0.3, -0.25) is 4.79 Å². The molecule has 1 heterocycles. The lowest BCUT2D eigenvalue weighted by Gasteiger charge is -2.37. The van der Waals surface area contributed by atoms with Crippen molar-refractivity contribution in [3.05, 3.63) is 71.8 Å². The van der Waals surface area contributed by atoms with Gasteiger partial charge in [0.05, 0.1) is 5.92 Å². The van der Waals surface area contributed by atoms with E-state index in [-0.39, 0.29) is 29.8 Å². The Morgan fingerprint density at radius 3 is 2.34 bits per heavy atom. The Morgan fingerprint density at radius 2 is 1.69 bits per heavy atom. The summed E-state index contributed by atoms with van der Waals surface area (Å²) in [6.45, 7) is 5.63. The van der Waals surface area contributed by atoms with E-state index in [1.54, 1.807) is 4.90 Å². The molecule has 2 N–H and O–H groups in total. The minimum atomic E-state index is -0.203. The van der Waals surface area contributed by atoms with Gasteiger partial charge in [0.15, 0.2) is 0 Å². The number of nitrogens with zero attached hydrogens (tertiary/aromatic N) is 1. The van der Waals surface area contributed by atoms with Crippen LogP contribution in [0.2, 0.25) is 0 Å². The van der Waals surface area contributed by atoms with E-state index in [4.69, 9.17) is 0 Å². The van der Waals surface area contributed by atoms with Crippen LogP contribution in [-0.2, 0) is 11.3 Å². The number of rotatable bonds is 6. The number of carbonyl (C=O) groups is 2. The molecule has 29 heavy (non-hydrogen) atoms. The van der Waals surface area contributed by atoms with Crippen LogP contribution in [0.4, 0.5) is 4.79 Å². The largest absolute Gasteiger partial charge is 0.353 e. The molecule has 0 aromatic heterocycles. The average molecular weight is 394 g/mol. The first-order chi connectivity index (χ1) is 14.1. The number of hydrogen-bond acceptors (Lipinski definition) is 2. The highest BCUT2D eigenvalue weighted by Crippen LogP contribution is 2.30. The summed E-state index contributed by atoms with van der Waals surface area (Å²) in [7, 11) is 0. The van der Waals surface area contributed by atoms with E-state index in [0.29, 0.717) is 19.6 Å². The molecule has 0 bridgehead atoms. The smallest absolute Gasteiger partial charge is 0.317 e. The second-order valence-corrected chi connectivity index (χ2v) is 7.91. The van der Waals surface area contributed by atoms with E-state index in [0.717, 1.165) is 18.4 Å². The second kappa shape index (κ2) is 10.1. The third kappa shape index (κ3) is 5.83. The van der Waals surface area contributed by atoms with Gasteiger partial charge in [-0.05, 0) is 30.9 Å². The molecule has 2 aromatic carbocycles. The number of benzene rings is 2. The Hall–Kier alpha value is -2.82. The SMILES string of the molecule is CC[C@H](C)NC(=O)[C@H]1C[C@@H](c2ccccc2)CN(C(=O)NCc2ccccc2)C1. The molecule has 0 unspecified atom stereocenters. The lowest BCUT2D eigenvalue weighted by molar-refractivity contribution is -0.127. The zero-order valence-corrected chi connectivity index (χ0v) is 17.3. The van der Waals surface area contributed by atoms with Crippen molar-refractivity contribution in [2.75, 3.05) is 13.1 Å². The number of carbonyl (C=O) groups excluding carboxylic acids is 2. The Morgan fingerprint density at radius 1 is 1.03 bits per heavy atom. The van der Waals surface area contributed by atoms with Crippen LogP contribution in [0.1, 0.15) is 43.7 Å². The van der Waals surface area contributed by atoms with Crippen molar-refractivity contribution in [3.63, 3.8) is 0 Å². The number of piperidine rings is 1. The summed E-state index contributed by atoms with van der Waals surface area (Å²) in [6, 6.07) is 20.1. The standard InChI is InChI=1S/C24H31N3O2/c1-3-18(2)26-23(28)22-14-21(20-12-8-5-9-13-20)16-27(17-22)24(29)25-15-19-10-6-4-7-11-19/h4-13,18,21-22H,3,14-17H2,1-2H3,(H,25,29)(H,26,28)/t18-,21+,22-/m0/s1. The van der Waals surface area contributed by atoms with Crippen molar-refractivity contribution in [1.29, 1.82) is 0 Å². The second-order valence-electron chi connectivity index (χ2n) is 7.91. The van der Waals surface area contributed by atoms with E-state index in [9.17, 15) is 9.59 Å². The molecule has 3 rings (SSSR count). The van der Waals surface area contributed by atoms with Crippen molar-refractivity contribution in [2.24, 2.45) is 5.92 Å². The number of amides is 3. The van der Waals surface area contributed by atoms with Gasteiger partial charge >= 0.3 is 6.03 Å². The molecule has 1 fully saturated rings. The Kier molecular flexibility index (Phi) is 7.28. The predicted molar refractivity (Wildman–Crippen MR) is 115 cm³/mol. The van der Waals surface area contributed by atoms with Crippen molar-refractivity contribution in [3.8, 4) is 0 Å². The molecule has 2 aromatic rings. The minimum absolute atomic E-state index is 0.0424. The van der Waals surface area contributed by atoms with Crippen LogP contribution in [0, 0.1) is 5.92 Å². The van der Waals surface area contributed by atoms with Gasteiger partial charge in [0, 0.05) is 31.6 Å². The van der Waals surface area contributed by atoms with E-state index < -0.39 is 0 Å². The van der Waals surface area contributed by atoms with E-state index in [1.165, 1.54) is 5.56 Å². The summed E-state index contributed by atoms with van der Waals surface area (Å²) in [5, 5.41) is 6.10. The summed E-state index contributed by atoms with van der Waals surface area (Å²) < 4.78 is 0. The van der Waals surface area contributed by atoms with E-state index in [1.807, 2.05) is 55.5 Å². The number of nitrogens with one attached hydrogen (secondary N) is 2. The first-order valence-electron chi connectivity index (χ1n) is 10.5. The molecule has 1 saturated heterocycles. The summed E-state index contributed by atoms with van der Waals surface area (Å²) in [6.07, 6.45) is 1.65. The summed E-state index contributed by atoms with van der Waals surface area (Å²) >= 11 is 0. The van der Waals surface area contributed by atoms with Gasteiger partial charge in [0.1, 0.15) is 0 Å². The quantitative estimate of drug-likeness (QED) is 0.781. The predicted octanol–water partition coefficient (Wildman–Crippen LogP) is 3.92. The van der Waals surface area contributed by atoms with Crippen molar-refractivity contribution in [2.45, 2.75) is 45.2 Å². The van der Waals surface area contributed by atoms with Crippen LogP contribution < -0.4 is 10.6 Å². The summed E-state index contributed by atoms with van der Waals surface area (Å²) in [4.78, 5) is 27.5. The molecule has 5 heteroatoms. The molecule has 3 amide bonds. The lowest BCUT2D eigenvalue weighted by atomic mass is 9.84. The van der Waals surface area contributed by atoms with Crippen LogP contribution >= 0.6 is 0 Å². The lowest BCUT2D eigenvalue weighted by Crippen LogP contribution is -2.51.